The number of Topliss-reactive ketones (excluding diaryl/α,β-unsaturated/α-hetero) is 1. The summed E-state index contributed by atoms with van der Waals surface area (Å²) in [4.78, 5) is 49.6. The number of aliphatic carboxylic acids is 1. The number of aromatic nitrogens is 4. The van der Waals surface area contributed by atoms with E-state index in [4.69, 9.17) is 4.74 Å². The zero-order valence-electron chi connectivity index (χ0n) is 15.8. The number of nitrogens with zero attached hydrogens (tertiary/aromatic N) is 5. The molecule has 15 heteroatoms. The van der Waals surface area contributed by atoms with Gasteiger partial charge in [0.2, 0.25) is 11.1 Å². The van der Waals surface area contributed by atoms with Crippen LogP contribution in [0.25, 0.3) is 0 Å². The Hall–Kier alpha value is -1.97. The van der Waals surface area contributed by atoms with Crippen molar-refractivity contribution < 1.29 is 29.0 Å². The number of carboxylic acids is 1. The number of ether oxygens (including phenoxy) is 1. The van der Waals surface area contributed by atoms with E-state index in [2.05, 4.69) is 36.8 Å². The van der Waals surface area contributed by atoms with Gasteiger partial charge in [0.1, 0.15) is 11.1 Å². The highest BCUT2D eigenvalue weighted by atomic mass is 79.9. The number of rotatable bonds is 9. The van der Waals surface area contributed by atoms with Gasteiger partial charge in [-0.05, 0) is 16.0 Å². The van der Waals surface area contributed by atoms with Crippen LogP contribution in [0.5, 0.6) is 0 Å². The Morgan fingerprint density at radius 1 is 1.47 bits per heavy atom. The van der Waals surface area contributed by atoms with E-state index >= 15 is 0 Å². The molecule has 3 rings (SSSR count). The largest absolute Gasteiger partial charge is 0.477 e. The van der Waals surface area contributed by atoms with Crippen LogP contribution in [0.3, 0.4) is 0 Å². The molecule has 162 valence electrons. The van der Waals surface area contributed by atoms with Gasteiger partial charge >= 0.3 is 5.97 Å². The number of hydrogen-bond acceptors (Lipinski definition) is 10. The third kappa shape index (κ3) is 3.98. The molecule has 3 heterocycles. The fourth-order valence-corrected chi connectivity index (χ4v) is 5.65. The Morgan fingerprint density at radius 2 is 2.20 bits per heavy atom. The lowest BCUT2D eigenvalue weighted by atomic mass is 9.98. The molecule has 1 fully saturated rings. The number of nitrogens with one attached hydrogen (secondary N) is 1. The molecule has 2 aliphatic heterocycles. The van der Waals surface area contributed by atoms with Gasteiger partial charge in [0, 0.05) is 25.7 Å². The van der Waals surface area contributed by atoms with Crippen molar-refractivity contribution in [3.05, 3.63) is 11.3 Å². The summed E-state index contributed by atoms with van der Waals surface area (Å²) >= 11 is 5.49. The van der Waals surface area contributed by atoms with Gasteiger partial charge in [-0.3, -0.25) is 19.3 Å². The van der Waals surface area contributed by atoms with Gasteiger partial charge in [-0.2, -0.15) is 0 Å². The fourth-order valence-electron chi connectivity index (χ4n) is 3.03. The number of hydrogen-bond donors (Lipinski definition) is 2. The molecule has 0 radical (unpaired) electrons. The van der Waals surface area contributed by atoms with E-state index in [0.717, 1.165) is 4.90 Å². The number of tetrazole rings is 1. The second-order valence-electron chi connectivity index (χ2n) is 6.31. The van der Waals surface area contributed by atoms with Crippen molar-refractivity contribution in [2.24, 2.45) is 7.05 Å². The molecule has 1 aromatic heterocycles. The van der Waals surface area contributed by atoms with Crippen LogP contribution < -0.4 is 5.32 Å². The highest BCUT2D eigenvalue weighted by Crippen LogP contribution is 2.47. The molecule has 2 amide bonds. The lowest BCUT2D eigenvalue weighted by Crippen LogP contribution is -2.80. The molecular formula is C15H17BrN6O6S2. The van der Waals surface area contributed by atoms with Crippen molar-refractivity contribution in [2.75, 3.05) is 23.9 Å². The molecule has 0 aromatic carbocycles. The van der Waals surface area contributed by atoms with Crippen molar-refractivity contribution in [3.63, 3.8) is 0 Å². The maximum Gasteiger partial charge on any atom is 0.352 e. The summed E-state index contributed by atoms with van der Waals surface area (Å²) in [5.74, 6) is -2.43. The lowest BCUT2D eigenvalue weighted by molar-refractivity contribution is -0.192. The predicted molar refractivity (Wildman–Crippen MR) is 109 cm³/mol. The number of β-lactam (4-membered cyclic amide) rings is 1. The maximum absolute atomic E-state index is 12.9. The minimum Gasteiger partial charge on any atom is -0.477 e. The summed E-state index contributed by atoms with van der Waals surface area (Å²) in [6.45, 7) is 0. The van der Waals surface area contributed by atoms with Gasteiger partial charge in [-0.25, -0.2) is 9.48 Å². The zero-order valence-corrected chi connectivity index (χ0v) is 19.0. The Kier molecular flexibility index (Phi) is 6.84. The Bertz CT molecular complexity index is 938. The summed E-state index contributed by atoms with van der Waals surface area (Å²) in [7, 11) is 2.91. The number of carbonyl (C=O) groups excluding carboxylic acids is 3. The fraction of sp³-hybridized carbons (Fsp3) is 0.533. The average Bonchev–Trinajstić information content (AvgIpc) is 3.13. The van der Waals surface area contributed by atoms with Crippen LogP contribution in [0.4, 0.5) is 0 Å². The average molecular weight is 521 g/mol. The minimum atomic E-state index is -1.72. The summed E-state index contributed by atoms with van der Waals surface area (Å²) in [6, 6.07) is 0. The van der Waals surface area contributed by atoms with Crippen LogP contribution in [-0.2, 0) is 31.0 Å². The van der Waals surface area contributed by atoms with Crippen molar-refractivity contribution >= 4 is 63.0 Å². The summed E-state index contributed by atoms with van der Waals surface area (Å²) in [6.07, 6.45) is -0.420. The van der Waals surface area contributed by atoms with E-state index in [1.54, 1.807) is 7.05 Å². The summed E-state index contributed by atoms with van der Waals surface area (Å²) < 4.78 is 6.78. The molecule has 1 saturated heterocycles. The Labute approximate surface area is 187 Å². The molecule has 0 aliphatic carbocycles. The van der Waals surface area contributed by atoms with Crippen molar-refractivity contribution in [1.29, 1.82) is 0 Å². The molecule has 2 atom stereocenters. The van der Waals surface area contributed by atoms with Crippen molar-refractivity contribution in [3.8, 4) is 0 Å². The first-order valence-corrected chi connectivity index (χ1v) is 11.6. The third-order valence-corrected chi connectivity index (χ3v) is 7.52. The molecule has 0 bridgehead atoms. The molecule has 12 nitrogen and oxygen atoms in total. The Morgan fingerprint density at radius 3 is 2.77 bits per heavy atom. The minimum absolute atomic E-state index is 0.00657. The first-order valence-electron chi connectivity index (χ1n) is 8.44. The lowest BCUT2D eigenvalue weighted by Gasteiger charge is -2.55. The predicted octanol–water partition coefficient (Wildman–Crippen LogP) is -0.631. The molecule has 0 spiro atoms. The van der Waals surface area contributed by atoms with Crippen LogP contribution in [0, 0.1) is 0 Å². The first-order chi connectivity index (χ1) is 14.2. The molecular weight excluding hydrogens is 504 g/mol. The molecule has 0 saturated carbocycles. The zero-order chi connectivity index (χ0) is 22.1. The smallest absolute Gasteiger partial charge is 0.352 e. The molecule has 2 N–H and O–H groups in total. The number of fused-ring (bicyclic) bond motifs is 1. The van der Waals surface area contributed by atoms with Crippen LogP contribution in [0.1, 0.15) is 6.42 Å². The third-order valence-electron chi connectivity index (χ3n) is 4.42. The number of aryl methyl sites for hydroxylation is 1. The van der Waals surface area contributed by atoms with Gasteiger partial charge in [0.05, 0.1) is 11.8 Å². The van der Waals surface area contributed by atoms with E-state index in [9.17, 15) is 24.3 Å². The van der Waals surface area contributed by atoms with Gasteiger partial charge in [0.15, 0.2) is 5.78 Å². The number of methoxy groups -OCH3 is 1. The number of halogens is 1. The number of thioether (sulfide) groups is 2. The van der Waals surface area contributed by atoms with Gasteiger partial charge < -0.3 is 15.2 Å². The summed E-state index contributed by atoms with van der Waals surface area (Å²) in [5, 5.41) is 23.0. The van der Waals surface area contributed by atoms with Crippen LogP contribution in [0.15, 0.2) is 16.4 Å². The number of ketones is 1. The maximum atomic E-state index is 12.9. The highest BCUT2D eigenvalue weighted by molar-refractivity contribution is 9.09. The van der Waals surface area contributed by atoms with E-state index in [-0.39, 0.29) is 22.6 Å². The monoisotopic (exact) mass is 520 g/mol. The van der Waals surface area contributed by atoms with Crippen molar-refractivity contribution in [2.45, 2.75) is 22.7 Å². The molecule has 1 aromatic rings. The standard InChI is InChI=1S/C15H17BrN6O6S2/c1-21-14(18-19-20-21)30-6-7-5-29-13-15(28-2,17-9(24)3-8(23)4-16)12(27)22(13)10(7)11(25)26/h13H,3-6H2,1-2H3,(H,17,24)(H,25,26)/t13-,15-/m0/s1. The van der Waals surface area contributed by atoms with E-state index in [1.807, 2.05) is 0 Å². The second kappa shape index (κ2) is 9.03. The van der Waals surface area contributed by atoms with Gasteiger partial charge in [-0.15, -0.1) is 16.9 Å². The van der Waals surface area contributed by atoms with E-state index in [0.29, 0.717) is 16.5 Å². The highest BCUT2D eigenvalue weighted by Gasteiger charge is 2.66. The quantitative estimate of drug-likeness (QED) is 0.140. The van der Waals surface area contributed by atoms with E-state index < -0.39 is 35.3 Å². The van der Waals surface area contributed by atoms with Gasteiger partial charge in [0.25, 0.3) is 11.6 Å². The van der Waals surface area contributed by atoms with Crippen molar-refractivity contribution in [1.82, 2.24) is 30.4 Å². The number of amides is 2. The SMILES string of the molecule is CO[C@@]1(NC(=O)CC(=O)CBr)C(=O)N2C(C(=O)O)=C(CSc3nnnn3C)CS[C@H]21. The van der Waals surface area contributed by atoms with Gasteiger partial charge in [-0.1, -0.05) is 27.7 Å². The van der Waals surface area contributed by atoms with Crippen LogP contribution in [0.2, 0.25) is 0 Å². The molecule has 0 unspecified atom stereocenters. The first kappa shape index (κ1) is 22.7. The van der Waals surface area contributed by atoms with E-state index in [1.165, 1.54) is 35.3 Å². The summed E-state index contributed by atoms with van der Waals surface area (Å²) in [5.41, 5.74) is -1.35. The molecule has 2 aliphatic rings. The number of carbonyl (C=O) groups is 4. The van der Waals surface area contributed by atoms with Crippen LogP contribution in [-0.4, -0.2) is 88.8 Å². The van der Waals surface area contributed by atoms with Crippen LogP contribution >= 0.6 is 39.5 Å². The Balaban J connectivity index is 1.81. The topological polar surface area (TPSA) is 157 Å². The normalized spacial score (nSPS) is 23.1. The number of carboxylic acid groups (broad SMARTS) is 1. The second-order valence-corrected chi connectivity index (χ2v) is 8.88. The number of alkyl halides is 1. The molecule has 30 heavy (non-hydrogen) atoms.